The lowest BCUT2D eigenvalue weighted by atomic mass is 10.2. The van der Waals surface area contributed by atoms with Crippen LogP contribution in [0.25, 0.3) is 11.0 Å². The Balaban J connectivity index is 2.01. The Labute approximate surface area is 150 Å². The molecular formula is C18H18N2O6. The van der Waals surface area contributed by atoms with Crippen molar-refractivity contribution in [3.8, 4) is 23.3 Å². The molecule has 1 aromatic heterocycles. The van der Waals surface area contributed by atoms with Crippen molar-refractivity contribution in [1.82, 2.24) is 9.97 Å². The van der Waals surface area contributed by atoms with Gasteiger partial charge in [0.25, 0.3) is 0 Å². The van der Waals surface area contributed by atoms with Gasteiger partial charge in [-0.25, -0.2) is 14.8 Å². The minimum Gasteiger partial charge on any atom is -0.476 e. The highest BCUT2D eigenvalue weighted by atomic mass is 16.7. The standard InChI is InChI=1S/C18H18N2O6/c1-18(2)25-13-8-11-12(9-14(13)26-18)20-16(17(21)22)10(19-11)6-5-7-15(23-3)24-4/h8-9,15H,6H2,1-4H3,(H,21,22). The van der Waals surface area contributed by atoms with Gasteiger partial charge in [0, 0.05) is 40.2 Å². The average molecular weight is 358 g/mol. The fraction of sp³-hybridized carbons (Fsp3) is 0.389. The topological polar surface area (TPSA) is 100 Å². The molecule has 0 saturated carbocycles. The number of fused-ring (bicyclic) bond motifs is 2. The quantitative estimate of drug-likeness (QED) is 0.654. The van der Waals surface area contributed by atoms with Gasteiger partial charge in [-0.15, -0.1) is 0 Å². The number of hydrogen-bond acceptors (Lipinski definition) is 7. The summed E-state index contributed by atoms with van der Waals surface area (Å²) in [6.45, 7) is 3.56. The number of ether oxygens (including phenoxy) is 4. The summed E-state index contributed by atoms with van der Waals surface area (Å²) in [7, 11) is 2.93. The van der Waals surface area contributed by atoms with E-state index in [-0.39, 0.29) is 17.8 Å². The third-order valence-electron chi connectivity index (χ3n) is 3.62. The Morgan fingerprint density at radius 1 is 1.19 bits per heavy atom. The summed E-state index contributed by atoms with van der Waals surface area (Å²) in [5.74, 6) is 4.61. The summed E-state index contributed by atoms with van der Waals surface area (Å²) in [5.41, 5.74) is 1.01. The molecule has 2 aromatic rings. The molecule has 0 amide bonds. The largest absolute Gasteiger partial charge is 0.476 e. The van der Waals surface area contributed by atoms with Crippen LogP contribution in [0.4, 0.5) is 0 Å². The average Bonchev–Trinajstić information content (AvgIpc) is 2.88. The smallest absolute Gasteiger partial charge is 0.356 e. The molecule has 0 fully saturated rings. The number of nitrogens with zero attached hydrogens (tertiary/aromatic N) is 2. The van der Waals surface area contributed by atoms with E-state index in [0.29, 0.717) is 22.5 Å². The van der Waals surface area contributed by atoms with Gasteiger partial charge in [-0.05, 0) is 5.92 Å². The van der Waals surface area contributed by atoms with Crippen LogP contribution < -0.4 is 9.47 Å². The molecule has 2 heterocycles. The zero-order valence-electron chi connectivity index (χ0n) is 14.8. The molecule has 1 aromatic carbocycles. The fourth-order valence-corrected chi connectivity index (χ4v) is 2.54. The Hall–Kier alpha value is -2.89. The zero-order chi connectivity index (χ0) is 18.9. The number of carbonyl (C=O) groups is 1. The van der Waals surface area contributed by atoms with Gasteiger partial charge in [0.2, 0.25) is 12.1 Å². The van der Waals surface area contributed by atoms with E-state index in [1.54, 1.807) is 26.0 Å². The van der Waals surface area contributed by atoms with Crippen LogP contribution in [0.15, 0.2) is 12.1 Å². The number of benzene rings is 1. The third-order valence-corrected chi connectivity index (χ3v) is 3.62. The van der Waals surface area contributed by atoms with Crippen molar-refractivity contribution >= 4 is 17.0 Å². The Morgan fingerprint density at radius 3 is 2.31 bits per heavy atom. The summed E-state index contributed by atoms with van der Waals surface area (Å²) < 4.78 is 21.3. The highest BCUT2D eigenvalue weighted by Gasteiger charge is 2.32. The van der Waals surface area contributed by atoms with Crippen LogP contribution in [0.1, 0.15) is 30.0 Å². The molecular weight excluding hydrogens is 340 g/mol. The van der Waals surface area contributed by atoms with E-state index in [4.69, 9.17) is 18.9 Å². The summed E-state index contributed by atoms with van der Waals surface area (Å²) in [6.07, 6.45) is -0.596. The number of rotatable bonds is 4. The van der Waals surface area contributed by atoms with E-state index in [1.165, 1.54) is 14.2 Å². The van der Waals surface area contributed by atoms with E-state index >= 15 is 0 Å². The van der Waals surface area contributed by atoms with Gasteiger partial charge >= 0.3 is 5.97 Å². The number of carboxylic acids is 1. The first-order valence-electron chi connectivity index (χ1n) is 7.83. The molecule has 0 radical (unpaired) electrons. The molecule has 0 saturated heterocycles. The Bertz CT molecular complexity index is 925. The van der Waals surface area contributed by atoms with Crippen LogP contribution in [0.2, 0.25) is 0 Å². The van der Waals surface area contributed by atoms with Crippen molar-refractivity contribution < 1.29 is 28.8 Å². The van der Waals surface area contributed by atoms with Crippen molar-refractivity contribution in [2.24, 2.45) is 0 Å². The normalized spacial score (nSPS) is 14.3. The van der Waals surface area contributed by atoms with Crippen molar-refractivity contribution in [2.45, 2.75) is 32.3 Å². The Morgan fingerprint density at radius 2 is 1.77 bits per heavy atom. The minimum atomic E-state index is -1.18. The second-order valence-electron chi connectivity index (χ2n) is 6.02. The van der Waals surface area contributed by atoms with Crippen LogP contribution in [-0.4, -0.2) is 47.3 Å². The van der Waals surface area contributed by atoms with Gasteiger partial charge in [0.05, 0.1) is 23.1 Å². The highest BCUT2D eigenvalue weighted by molar-refractivity contribution is 5.90. The molecule has 0 aliphatic carbocycles. The molecule has 8 heteroatoms. The van der Waals surface area contributed by atoms with Crippen LogP contribution in [0.5, 0.6) is 11.5 Å². The van der Waals surface area contributed by atoms with E-state index in [1.807, 2.05) is 0 Å². The van der Waals surface area contributed by atoms with E-state index in [0.717, 1.165) is 0 Å². The maximum Gasteiger partial charge on any atom is 0.356 e. The molecule has 0 spiro atoms. The maximum absolute atomic E-state index is 11.6. The van der Waals surface area contributed by atoms with Gasteiger partial charge in [0.1, 0.15) is 0 Å². The number of methoxy groups -OCH3 is 2. The van der Waals surface area contributed by atoms with Crippen molar-refractivity contribution in [1.29, 1.82) is 0 Å². The summed E-state index contributed by atoms with van der Waals surface area (Å²) in [6, 6.07) is 3.31. The second kappa shape index (κ2) is 6.78. The molecule has 1 N–H and O–H groups in total. The first-order chi connectivity index (χ1) is 12.3. The Kier molecular flexibility index (Phi) is 4.68. The van der Waals surface area contributed by atoms with Crippen LogP contribution >= 0.6 is 0 Å². The number of hydrogen-bond donors (Lipinski definition) is 1. The van der Waals surface area contributed by atoms with Gasteiger partial charge < -0.3 is 24.1 Å². The predicted octanol–water partition coefficient (Wildman–Crippen LogP) is 2.00. The molecule has 1 aliphatic rings. The van der Waals surface area contributed by atoms with Crippen molar-refractivity contribution in [2.75, 3.05) is 14.2 Å². The van der Waals surface area contributed by atoms with Gasteiger partial charge in [-0.2, -0.15) is 0 Å². The molecule has 136 valence electrons. The first-order valence-corrected chi connectivity index (χ1v) is 7.83. The molecule has 26 heavy (non-hydrogen) atoms. The second-order valence-corrected chi connectivity index (χ2v) is 6.02. The summed E-state index contributed by atoms with van der Waals surface area (Å²) >= 11 is 0. The van der Waals surface area contributed by atoms with E-state index < -0.39 is 18.0 Å². The number of aromatic carboxylic acids is 1. The van der Waals surface area contributed by atoms with Crippen LogP contribution in [0.3, 0.4) is 0 Å². The van der Waals surface area contributed by atoms with Gasteiger partial charge in [0.15, 0.2) is 17.2 Å². The molecule has 0 unspecified atom stereocenters. The van der Waals surface area contributed by atoms with Crippen LogP contribution in [-0.2, 0) is 15.9 Å². The van der Waals surface area contributed by atoms with Crippen molar-refractivity contribution in [3.05, 3.63) is 23.5 Å². The lowest BCUT2D eigenvalue weighted by Gasteiger charge is -2.16. The monoisotopic (exact) mass is 358 g/mol. The third kappa shape index (κ3) is 3.54. The lowest BCUT2D eigenvalue weighted by molar-refractivity contribution is -0.0595. The molecule has 1 aliphatic heterocycles. The van der Waals surface area contributed by atoms with Crippen molar-refractivity contribution in [3.63, 3.8) is 0 Å². The summed E-state index contributed by atoms with van der Waals surface area (Å²) in [5, 5.41) is 9.45. The predicted molar refractivity (Wildman–Crippen MR) is 91.1 cm³/mol. The fourth-order valence-electron chi connectivity index (χ4n) is 2.54. The maximum atomic E-state index is 11.6. The first kappa shape index (κ1) is 17.9. The molecule has 3 rings (SSSR count). The lowest BCUT2D eigenvalue weighted by Crippen LogP contribution is -2.29. The molecule has 8 nitrogen and oxygen atoms in total. The number of aromatic nitrogens is 2. The van der Waals surface area contributed by atoms with Crippen LogP contribution in [0, 0.1) is 11.8 Å². The van der Waals surface area contributed by atoms with E-state index in [9.17, 15) is 9.90 Å². The molecule has 0 atom stereocenters. The van der Waals surface area contributed by atoms with E-state index in [2.05, 4.69) is 21.8 Å². The SMILES string of the molecule is COC(C#CCc1nc2cc3c(cc2nc1C(=O)O)OC(C)(C)O3)OC. The van der Waals surface area contributed by atoms with Gasteiger partial charge in [-0.1, -0.05) is 5.92 Å². The minimum absolute atomic E-state index is 0.0910. The molecule has 0 bridgehead atoms. The number of carboxylic acid groups (broad SMARTS) is 1. The highest BCUT2D eigenvalue weighted by Crippen LogP contribution is 2.41. The zero-order valence-corrected chi connectivity index (χ0v) is 14.8. The summed E-state index contributed by atoms with van der Waals surface area (Å²) in [4.78, 5) is 20.2. The van der Waals surface area contributed by atoms with Gasteiger partial charge in [-0.3, -0.25) is 0 Å².